The van der Waals surface area contributed by atoms with Gasteiger partial charge in [0.15, 0.2) is 0 Å². The molecular weight excluding hydrogens is 250 g/mol. The molecule has 0 unspecified atom stereocenters. The maximum atomic E-state index is 8.91. The van der Waals surface area contributed by atoms with Crippen molar-refractivity contribution in [1.29, 1.82) is 5.26 Å². The Morgan fingerprint density at radius 1 is 1.10 bits per heavy atom. The molecule has 2 aliphatic heterocycles. The van der Waals surface area contributed by atoms with E-state index >= 15 is 0 Å². The third kappa shape index (κ3) is 2.91. The van der Waals surface area contributed by atoms with Gasteiger partial charge in [-0.25, -0.2) is 9.97 Å². The predicted octanol–water partition coefficient (Wildman–Crippen LogP) is 1.80. The first-order valence-electron chi connectivity index (χ1n) is 7.59. The number of rotatable bonds is 2. The SMILES string of the molecule is N#Cc1ccnc(N2CCC(N3CCCCC3)CC2)n1. The molecule has 2 fully saturated rings. The van der Waals surface area contributed by atoms with E-state index in [1.807, 2.05) is 0 Å². The lowest BCUT2D eigenvalue weighted by Gasteiger charge is -2.40. The van der Waals surface area contributed by atoms with Crippen molar-refractivity contribution >= 4 is 5.95 Å². The second-order valence-electron chi connectivity index (χ2n) is 5.67. The average molecular weight is 271 g/mol. The summed E-state index contributed by atoms with van der Waals surface area (Å²) in [4.78, 5) is 13.5. The smallest absolute Gasteiger partial charge is 0.226 e. The highest BCUT2D eigenvalue weighted by Gasteiger charge is 2.26. The molecule has 0 aromatic carbocycles. The number of anilines is 1. The summed E-state index contributed by atoms with van der Waals surface area (Å²) in [6, 6.07) is 4.47. The van der Waals surface area contributed by atoms with E-state index < -0.39 is 0 Å². The lowest BCUT2D eigenvalue weighted by atomic mass is 10.0. The van der Waals surface area contributed by atoms with Gasteiger partial charge in [-0.05, 0) is 44.8 Å². The van der Waals surface area contributed by atoms with Crippen LogP contribution < -0.4 is 4.90 Å². The largest absolute Gasteiger partial charge is 0.341 e. The van der Waals surface area contributed by atoms with Crippen LogP contribution in [0.3, 0.4) is 0 Å². The Kier molecular flexibility index (Phi) is 4.12. The molecule has 1 aromatic rings. The quantitative estimate of drug-likeness (QED) is 0.821. The summed E-state index contributed by atoms with van der Waals surface area (Å²) in [6.45, 7) is 4.53. The molecule has 20 heavy (non-hydrogen) atoms. The summed E-state index contributed by atoms with van der Waals surface area (Å²) >= 11 is 0. The number of aromatic nitrogens is 2. The van der Waals surface area contributed by atoms with Crippen LogP contribution in [0.25, 0.3) is 0 Å². The van der Waals surface area contributed by atoms with Gasteiger partial charge in [-0.3, -0.25) is 0 Å². The van der Waals surface area contributed by atoms with Crippen LogP contribution in [-0.4, -0.2) is 47.1 Å². The van der Waals surface area contributed by atoms with Crippen molar-refractivity contribution in [3.8, 4) is 6.07 Å². The van der Waals surface area contributed by atoms with Crippen molar-refractivity contribution in [3.63, 3.8) is 0 Å². The van der Waals surface area contributed by atoms with Crippen molar-refractivity contribution in [2.75, 3.05) is 31.1 Å². The van der Waals surface area contributed by atoms with Crippen LogP contribution in [0.5, 0.6) is 0 Å². The highest BCUT2D eigenvalue weighted by atomic mass is 15.3. The van der Waals surface area contributed by atoms with E-state index in [4.69, 9.17) is 5.26 Å². The van der Waals surface area contributed by atoms with E-state index in [-0.39, 0.29) is 0 Å². The van der Waals surface area contributed by atoms with Gasteiger partial charge in [-0.15, -0.1) is 0 Å². The Morgan fingerprint density at radius 2 is 1.85 bits per heavy atom. The Labute approximate surface area is 120 Å². The molecule has 0 spiro atoms. The molecule has 5 heteroatoms. The van der Waals surface area contributed by atoms with Crippen molar-refractivity contribution < 1.29 is 0 Å². The second kappa shape index (κ2) is 6.19. The molecule has 0 saturated carbocycles. The maximum absolute atomic E-state index is 8.91. The van der Waals surface area contributed by atoms with Crippen LogP contribution in [0.4, 0.5) is 5.95 Å². The number of hydrogen-bond acceptors (Lipinski definition) is 5. The minimum absolute atomic E-state index is 0.452. The van der Waals surface area contributed by atoms with E-state index in [9.17, 15) is 0 Å². The molecule has 0 aliphatic carbocycles. The summed E-state index contributed by atoms with van der Waals surface area (Å²) in [5.41, 5.74) is 0.452. The molecular formula is C15H21N5. The number of piperidine rings is 2. The Hall–Kier alpha value is -1.67. The van der Waals surface area contributed by atoms with Crippen LogP contribution in [-0.2, 0) is 0 Å². The van der Waals surface area contributed by atoms with Crippen molar-refractivity contribution in [2.24, 2.45) is 0 Å². The molecule has 2 saturated heterocycles. The molecule has 3 rings (SSSR count). The second-order valence-corrected chi connectivity index (χ2v) is 5.67. The highest BCUT2D eigenvalue weighted by molar-refractivity contribution is 5.34. The van der Waals surface area contributed by atoms with Crippen LogP contribution >= 0.6 is 0 Å². The van der Waals surface area contributed by atoms with E-state index in [0.29, 0.717) is 11.6 Å². The van der Waals surface area contributed by atoms with E-state index in [1.54, 1.807) is 12.3 Å². The van der Waals surface area contributed by atoms with Gasteiger partial charge >= 0.3 is 0 Å². The average Bonchev–Trinajstić information content (AvgIpc) is 2.56. The molecule has 0 amide bonds. The minimum atomic E-state index is 0.452. The highest BCUT2D eigenvalue weighted by Crippen LogP contribution is 2.22. The van der Waals surface area contributed by atoms with Gasteiger partial charge in [0, 0.05) is 25.3 Å². The lowest BCUT2D eigenvalue weighted by molar-refractivity contribution is 0.141. The van der Waals surface area contributed by atoms with Gasteiger partial charge in [0.1, 0.15) is 11.8 Å². The van der Waals surface area contributed by atoms with Crippen molar-refractivity contribution in [3.05, 3.63) is 18.0 Å². The molecule has 0 atom stereocenters. The Balaban J connectivity index is 1.59. The van der Waals surface area contributed by atoms with Gasteiger partial charge < -0.3 is 9.80 Å². The lowest BCUT2D eigenvalue weighted by Crippen LogP contribution is -2.47. The first-order valence-corrected chi connectivity index (χ1v) is 7.59. The maximum Gasteiger partial charge on any atom is 0.226 e. The van der Waals surface area contributed by atoms with Crippen molar-refractivity contribution in [2.45, 2.75) is 38.1 Å². The summed E-state index contributed by atoms with van der Waals surface area (Å²) in [5.74, 6) is 0.709. The molecule has 0 bridgehead atoms. The zero-order valence-corrected chi connectivity index (χ0v) is 11.8. The molecule has 0 N–H and O–H groups in total. The molecule has 3 heterocycles. The van der Waals surface area contributed by atoms with E-state index in [2.05, 4.69) is 25.8 Å². The van der Waals surface area contributed by atoms with Crippen molar-refractivity contribution in [1.82, 2.24) is 14.9 Å². The number of hydrogen-bond donors (Lipinski definition) is 0. The molecule has 5 nitrogen and oxygen atoms in total. The molecule has 106 valence electrons. The monoisotopic (exact) mass is 271 g/mol. The van der Waals surface area contributed by atoms with Crippen LogP contribution in [0.2, 0.25) is 0 Å². The zero-order chi connectivity index (χ0) is 13.8. The minimum Gasteiger partial charge on any atom is -0.341 e. The number of nitriles is 1. The van der Waals surface area contributed by atoms with Gasteiger partial charge in [0.05, 0.1) is 0 Å². The first-order chi connectivity index (χ1) is 9.86. The summed E-state index contributed by atoms with van der Waals surface area (Å²) < 4.78 is 0. The fourth-order valence-corrected chi connectivity index (χ4v) is 3.28. The van der Waals surface area contributed by atoms with Crippen LogP contribution in [0, 0.1) is 11.3 Å². The van der Waals surface area contributed by atoms with E-state index in [0.717, 1.165) is 19.1 Å². The molecule has 2 aliphatic rings. The predicted molar refractivity (Wildman–Crippen MR) is 77.4 cm³/mol. The fourth-order valence-electron chi connectivity index (χ4n) is 3.28. The molecule has 1 aromatic heterocycles. The first kappa shape index (κ1) is 13.3. The summed E-state index contributed by atoms with van der Waals surface area (Å²) in [5, 5.41) is 8.91. The Morgan fingerprint density at radius 3 is 2.55 bits per heavy atom. The van der Waals surface area contributed by atoms with Crippen LogP contribution in [0.15, 0.2) is 12.3 Å². The zero-order valence-electron chi connectivity index (χ0n) is 11.8. The number of nitrogens with zero attached hydrogens (tertiary/aromatic N) is 5. The fraction of sp³-hybridized carbons (Fsp3) is 0.667. The van der Waals surface area contributed by atoms with Gasteiger partial charge in [0.25, 0.3) is 0 Å². The van der Waals surface area contributed by atoms with E-state index in [1.165, 1.54) is 45.2 Å². The number of likely N-dealkylation sites (tertiary alicyclic amines) is 1. The third-order valence-electron chi connectivity index (χ3n) is 4.41. The normalized spacial score (nSPS) is 21.6. The van der Waals surface area contributed by atoms with Gasteiger partial charge in [0.2, 0.25) is 5.95 Å². The summed E-state index contributed by atoms with van der Waals surface area (Å²) in [7, 11) is 0. The Bertz CT molecular complexity index is 481. The van der Waals surface area contributed by atoms with Gasteiger partial charge in [-0.2, -0.15) is 5.26 Å². The van der Waals surface area contributed by atoms with Crippen LogP contribution in [0.1, 0.15) is 37.8 Å². The van der Waals surface area contributed by atoms with Gasteiger partial charge in [-0.1, -0.05) is 6.42 Å². The summed E-state index contributed by atoms with van der Waals surface area (Å²) in [6.07, 6.45) is 8.14. The third-order valence-corrected chi connectivity index (χ3v) is 4.41. The molecule has 0 radical (unpaired) electrons. The topological polar surface area (TPSA) is 56.1 Å². The standard InChI is InChI=1S/C15H21N5/c16-12-13-4-7-17-15(18-13)20-10-5-14(6-11-20)19-8-2-1-3-9-19/h4,7,14H,1-3,5-6,8-11H2.